The van der Waals surface area contributed by atoms with Crippen LogP contribution in [-0.2, 0) is 13.1 Å². The summed E-state index contributed by atoms with van der Waals surface area (Å²) in [6.07, 6.45) is 7.54. The molecule has 1 aromatic carbocycles. The molecule has 1 aromatic heterocycles. The van der Waals surface area contributed by atoms with E-state index in [1.165, 1.54) is 6.42 Å². The summed E-state index contributed by atoms with van der Waals surface area (Å²) in [6, 6.07) is 11.9. The monoisotopic (exact) mass is 381 g/mol. The Morgan fingerprint density at radius 1 is 1.07 bits per heavy atom. The predicted molar refractivity (Wildman–Crippen MR) is 113 cm³/mol. The second-order valence-corrected chi connectivity index (χ2v) is 7.10. The second kappa shape index (κ2) is 10.5. The third-order valence-electron chi connectivity index (χ3n) is 4.91. The minimum absolute atomic E-state index is 0.141. The molecule has 0 saturated carbocycles. The normalized spacial score (nSPS) is 14.8. The van der Waals surface area contributed by atoms with Gasteiger partial charge in [-0.25, -0.2) is 4.99 Å². The molecule has 150 valence electrons. The first-order valence-electron chi connectivity index (χ1n) is 10.3. The van der Waals surface area contributed by atoms with Gasteiger partial charge in [-0.15, -0.1) is 0 Å². The quantitative estimate of drug-likeness (QED) is 0.573. The molecule has 28 heavy (non-hydrogen) atoms. The molecule has 3 rings (SSSR count). The van der Waals surface area contributed by atoms with Gasteiger partial charge >= 0.3 is 0 Å². The van der Waals surface area contributed by atoms with Crippen molar-refractivity contribution in [1.82, 2.24) is 20.1 Å². The zero-order valence-electron chi connectivity index (χ0n) is 16.7. The van der Waals surface area contributed by atoms with Gasteiger partial charge in [0.2, 0.25) is 0 Å². The van der Waals surface area contributed by atoms with E-state index in [-0.39, 0.29) is 5.91 Å². The average molecular weight is 382 g/mol. The number of piperidine rings is 1. The summed E-state index contributed by atoms with van der Waals surface area (Å²) in [6.45, 7) is 6.84. The number of aliphatic imine (C=N–C) groups is 1. The molecular weight excluding hydrogens is 350 g/mol. The smallest absolute Gasteiger partial charge is 0.253 e. The first kappa shape index (κ1) is 20.0. The molecule has 6 nitrogen and oxygen atoms in total. The van der Waals surface area contributed by atoms with Gasteiger partial charge in [-0.05, 0) is 56.0 Å². The largest absolute Gasteiger partial charge is 0.357 e. The van der Waals surface area contributed by atoms with Crippen LogP contribution in [0.25, 0.3) is 0 Å². The Morgan fingerprint density at radius 3 is 2.61 bits per heavy atom. The van der Waals surface area contributed by atoms with E-state index in [4.69, 9.17) is 0 Å². The maximum absolute atomic E-state index is 12.7. The molecule has 1 aliphatic heterocycles. The molecule has 1 saturated heterocycles. The first-order valence-corrected chi connectivity index (χ1v) is 10.3. The van der Waals surface area contributed by atoms with Gasteiger partial charge in [-0.2, -0.15) is 0 Å². The lowest BCUT2D eigenvalue weighted by Crippen LogP contribution is -2.38. The number of carbonyl (C=O) groups excluding carboxylic acids is 1. The van der Waals surface area contributed by atoms with Crippen LogP contribution in [0.4, 0.5) is 0 Å². The number of benzene rings is 1. The van der Waals surface area contributed by atoms with Crippen molar-refractivity contribution in [2.45, 2.75) is 39.3 Å². The highest BCUT2D eigenvalue weighted by molar-refractivity contribution is 5.94. The molecule has 0 unspecified atom stereocenters. The Morgan fingerprint density at radius 2 is 1.86 bits per heavy atom. The van der Waals surface area contributed by atoms with Gasteiger partial charge in [0.25, 0.3) is 5.91 Å². The van der Waals surface area contributed by atoms with Crippen molar-refractivity contribution in [2.24, 2.45) is 4.99 Å². The summed E-state index contributed by atoms with van der Waals surface area (Å²) in [5.74, 6) is 0.935. The van der Waals surface area contributed by atoms with Crippen LogP contribution in [0.2, 0.25) is 0 Å². The van der Waals surface area contributed by atoms with E-state index in [0.29, 0.717) is 6.54 Å². The van der Waals surface area contributed by atoms with Gasteiger partial charge in [0, 0.05) is 50.7 Å². The van der Waals surface area contributed by atoms with Gasteiger partial charge in [0.15, 0.2) is 5.96 Å². The van der Waals surface area contributed by atoms with Gasteiger partial charge < -0.3 is 20.1 Å². The molecule has 2 N–H and O–H groups in total. The Balaban J connectivity index is 1.57. The molecule has 2 aromatic rings. The van der Waals surface area contributed by atoms with Crippen LogP contribution in [0.15, 0.2) is 53.8 Å². The van der Waals surface area contributed by atoms with Gasteiger partial charge in [0.1, 0.15) is 0 Å². The molecule has 0 bridgehead atoms. The topological polar surface area (TPSA) is 61.7 Å². The third kappa shape index (κ3) is 5.87. The van der Waals surface area contributed by atoms with Crippen molar-refractivity contribution < 1.29 is 4.79 Å². The standard InChI is InChI=1S/C22H31N5O/c1-2-23-22(24-11-16-26-12-6-7-13-26)25-18-19-9-8-10-20(17-19)21(28)27-14-4-3-5-15-27/h6-10,12-13,17H,2-5,11,14-16,18H2,1H3,(H2,23,24,25). The van der Waals surface area contributed by atoms with Crippen molar-refractivity contribution in [3.8, 4) is 0 Å². The highest BCUT2D eigenvalue weighted by atomic mass is 16.2. The minimum Gasteiger partial charge on any atom is -0.357 e. The molecule has 1 fully saturated rings. The SMILES string of the molecule is CCNC(=NCc1cccc(C(=O)N2CCCCC2)c1)NCCn1cccc1. The number of nitrogens with zero attached hydrogens (tertiary/aromatic N) is 3. The number of guanidine groups is 1. The summed E-state index contributed by atoms with van der Waals surface area (Å²) < 4.78 is 2.13. The number of nitrogens with one attached hydrogen (secondary N) is 2. The predicted octanol–water partition coefficient (Wildman–Crippen LogP) is 2.87. The lowest BCUT2D eigenvalue weighted by molar-refractivity contribution is 0.0724. The molecule has 0 radical (unpaired) electrons. The molecule has 0 atom stereocenters. The zero-order valence-corrected chi connectivity index (χ0v) is 16.7. The van der Waals surface area contributed by atoms with Crippen LogP contribution < -0.4 is 10.6 Å². The Labute approximate surface area is 167 Å². The Kier molecular flexibility index (Phi) is 7.53. The number of hydrogen-bond acceptors (Lipinski definition) is 2. The fourth-order valence-corrected chi connectivity index (χ4v) is 3.42. The highest BCUT2D eigenvalue weighted by Gasteiger charge is 2.18. The van der Waals surface area contributed by atoms with E-state index < -0.39 is 0 Å². The number of likely N-dealkylation sites (tertiary alicyclic amines) is 1. The lowest BCUT2D eigenvalue weighted by atomic mass is 10.1. The van der Waals surface area contributed by atoms with Gasteiger partial charge in [0.05, 0.1) is 6.54 Å². The summed E-state index contributed by atoms with van der Waals surface area (Å²) in [7, 11) is 0. The number of amides is 1. The first-order chi connectivity index (χ1) is 13.8. The summed E-state index contributed by atoms with van der Waals surface area (Å²) in [5, 5.41) is 6.64. The van der Waals surface area contributed by atoms with Crippen molar-refractivity contribution in [3.05, 3.63) is 59.9 Å². The van der Waals surface area contributed by atoms with Crippen molar-refractivity contribution in [1.29, 1.82) is 0 Å². The van der Waals surface area contributed by atoms with E-state index in [2.05, 4.69) is 39.5 Å². The maximum Gasteiger partial charge on any atom is 0.253 e. The van der Waals surface area contributed by atoms with Crippen molar-refractivity contribution in [2.75, 3.05) is 26.2 Å². The molecule has 0 aliphatic carbocycles. The Hall–Kier alpha value is -2.76. The number of carbonyl (C=O) groups is 1. The number of hydrogen-bond donors (Lipinski definition) is 2. The van der Waals surface area contributed by atoms with Crippen LogP contribution in [-0.4, -0.2) is 47.5 Å². The van der Waals surface area contributed by atoms with Crippen LogP contribution in [0.3, 0.4) is 0 Å². The Bertz CT molecular complexity index is 763. The fraction of sp³-hybridized carbons (Fsp3) is 0.455. The highest BCUT2D eigenvalue weighted by Crippen LogP contribution is 2.14. The summed E-state index contributed by atoms with van der Waals surface area (Å²) in [4.78, 5) is 19.4. The summed E-state index contributed by atoms with van der Waals surface area (Å²) in [5.41, 5.74) is 1.81. The van der Waals surface area contributed by atoms with Crippen LogP contribution in [0.5, 0.6) is 0 Å². The van der Waals surface area contributed by atoms with E-state index in [0.717, 1.165) is 62.7 Å². The number of rotatable bonds is 7. The molecular formula is C22H31N5O. The molecule has 0 spiro atoms. The minimum atomic E-state index is 0.141. The van der Waals surface area contributed by atoms with Gasteiger partial charge in [-0.3, -0.25) is 4.79 Å². The lowest BCUT2D eigenvalue weighted by Gasteiger charge is -2.26. The number of aromatic nitrogens is 1. The maximum atomic E-state index is 12.7. The molecule has 1 amide bonds. The third-order valence-corrected chi connectivity index (χ3v) is 4.91. The second-order valence-electron chi connectivity index (χ2n) is 7.10. The van der Waals surface area contributed by atoms with Crippen LogP contribution >= 0.6 is 0 Å². The zero-order chi connectivity index (χ0) is 19.6. The van der Waals surface area contributed by atoms with Crippen molar-refractivity contribution in [3.63, 3.8) is 0 Å². The van der Waals surface area contributed by atoms with E-state index in [1.54, 1.807) is 0 Å². The van der Waals surface area contributed by atoms with Crippen molar-refractivity contribution >= 4 is 11.9 Å². The molecule has 6 heteroatoms. The van der Waals surface area contributed by atoms with Crippen LogP contribution in [0.1, 0.15) is 42.1 Å². The average Bonchev–Trinajstić information content (AvgIpc) is 3.26. The molecule has 1 aliphatic rings. The van der Waals surface area contributed by atoms with E-state index in [9.17, 15) is 4.79 Å². The van der Waals surface area contributed by atoms with Crippen LogP contribution in [0, 0.1) is 0 Å². The fourth-order valence-electron chi connectivity index (χ4n) is 3.42. The van der Waals surface area contributed by atoms with Gasteiger partial charge in [-0.1, -0.05) is 12.1 Å². The van der Waals surface area contributed by atoms with E-state index in [1.807, 2.05) is 41.3 Å². The molecule has 2 heterocycles. The summed E-state index contributed by atoms with van der Waals surface area (Å²) >= 11 is 0. The van der Waals surface area contributed by atoms with E-state index >= 15 is 0 Å².